The lowest BCUT2D eigenvalue weighted by Crippen LogP contribution is -2.41. The summed E-state index contributed by atoms with van der Waals surface area (Å²) >= 11 is 0. The highest BCUT2D eigenvalue weighted by molar-refractivity contribution is 6.09. The van der Waals surface area contributed by atoms with E-state index in [1.165, 1.54) is 0 Å². The van der Waals surface area contributed by atoms with E-state index < -0.39 is 5.41 Å². The minimum absolute atomic E-state index is 0.0469. The zero-order valence-corrected chi connectivity index (χ0v) is 7.29. The van der Waals surface area contributed by atoms with Gasteiger partial charge in [0.2, 0.25) is 5.91 Å². The largest absolute Gasteiger partial charge is 0.409 e. The van der Waals surface area contributed by atoms with Crippen LogP contribution in [0, 0.1) is 5.41 Å². The molecule has 2 fully saturated rings. The van der Waals surface area contributed by atoms with Crippen LogP contribution in [-0.2, 0) is 4.79 Å². The maximum absolute atomic E-state index is 11.6. The number of amides is 1. The second-order valence-corrected chi connectivity index (χ2v) is 3.82. The van der Waals surface area contributed by atoms with Crippen molar-refractivity contribution < 1.29 is 10.0 Å². The molecule has 4 N–H and O–H groups in total. The first-order valence-corrected chi connectivity index (χ1v) is 4.48. The van der Waals surface area contributed by atoms with E-state index in [0.29, 0.717) is 18.9 Å². The summed E-state index contributed by atoms with van der Waals surface area (Å²) in [5, 5.41) is 14.3. The highest BCUT2D eigenvalue weighted by Crippen LogP contribution is 2.46. The fraction of sp³-hybridized carbons (Fsp3) is 0.750. The third-order valence-corrected chi connectivity index (χ3v) is 2.70. The summed E-state index contributed by atoms with van der Waals surface area (Å²) < 4.78 is 0. The molecule has 0 aromatic heterocycles. The van der Waals surface area contributed by atoms with Crippen molar-refractivity contribution in [3.63, 3.8) is 0 Å². The van der Waals surface area contributed by atoms with Crippen molar-refractivity contribution in [1.29, 1.82) is 0 Å². The Kier molecular flexibility index (Phi) is 1.68. The standard InChI is InChI=1S/C8H13N3O2/c9-6(11-13)8(3-4-8)7(12)10-5-1-2-5/h5,13H,1-4H2,(H2,9,11)(H,10,12). The maximum Gasteiger partial charge on any atom is 0.234 e. The number of amidine groups is 1. The van der Waals surface area contributed by atoms with E-state index >= 15 is 0 Å². The normalized spacial score (nSPS) is 25.4. The zero-order chi connectivity index (χ0) is 9.47. The van der Waals surface area contributed by atoms with Gasteiger partial charge in [-0.1, -0.05) is 5.16 Å². The van der Waals surface area contributed by atoms with Gasteiger partial charge < -0.3 is 16.3 Å². The zero-order valence-electron chi connectivity index (χ0n) is 7.29. The Labute approximate surface area is 76.0 Å². The number of nitrogens with zero attached hydrogens (tertiary/aromatic N) is 1. The van der Waals surface area contributed by atoms with Gasteiger partial charge in [0.25, 0.3) is 0 Å². The van der Waals surface area contributed by atoms with Crippen LogP contribution in [-0.4, -0.2) is 23.0 Å². The second kappa shape index (κ2) is 2.61. The van der Waals surface area contributed by atoms with Crippen molar-refractivity contribution >= 4 is 11.7 Å². The molecule has 0 atom stereocenters. The highest BCUT2D eigenvalue weighted by atomic mass is 16.4. The fourth-order valence-corrected chi connectivity index (χ4v) is 1.37. The Balaban J connectivity index is 2.01. The predicted octanol–water partition coefficient (Wildman–Crippen LogP) is -0.208. The molecule has 0 bridgehead atoms. The Morgan fingerprint density at radius 1 is 1.54 bits per heavy atom. The van der Waals surface area contributed by atoms with Gasteiger partial charge >= 0.3 is 0 Å². The van der Waals surface area contributed by atoms with Crippen molar-refractivity contribution in [2.24, 2.45) is 16.3 Å². The van der Waals surface area contributed by atoms with Crippen molar-refractivity contribution in [1.82, 2.24) is 5.32 Å². The van der Waals surface area contributed by atoms with Crippen LogP contribution < -0.4 is 11.1 Å². The summed E-state index contributed by atoms with van der Waals surface area (Å²) in [7, 11) is 0. The second-order valence-electron chi connectivity index (χ2n) is 3.82. The van der Waals surface area contributed by atoms with Crippen LogP contribution in [0.3, 0.4) is 0 Å². The number of carbonyl (C=O) groups is 1. The molecule has 0 heterocycles. The molecule has 2 aliphatic carbocycles. The van der Waals surface area contributed by atoms with Gasteiger partial charge in [0.05, 0.1) is 0 Å². The molecule has 0 aromatic carbocycles. The van der Waals surface area contributed by atoms with Crippen LogP contribution >= 0.6 is 0 Å². The molecule has 0 radical (unpaired) electrons. The summed E-state index contributed by atoms with van der Waals surface area (Å²) in [5.74, 6) is -0.0315. The van der Waals surface area contributed by atoms with Crippen LogP contribution in [0.15, 0.2) is 5.16 Å². The van der Waals surface area contributed by atoms with Gasteiger partial charge in [0.15, 0.2) is 5.84 Å². The molecule has 72 valence electrons. The number of carbonyl (C=O) groups excluding carboxylic acids is 1. The first kappa shape index (κ1) is 8.34. The van der Waals surface area contributed by atoms with Gasteiger partial charge in [-0.15, -0.1) is 0 Å². The van der Waals surface area contributed by atoms with Crippen molar-refractivity contribution in [2.75, 3.05) is 0 Å². The third-order valence-electron chi connectivity index (χ3n) is 2.70. The summed E-state index contributed by atoms with van der Waals surface area (Å²) in [4.78, 5) is 11.6. The number of nitrogens with one attached hydrogen (secondary N) is 1. The number of hydrogen-bond donors (Lipinski definition) is 3. The van der Waals surface area contributed by atoms with Crippen LogP contribution in [0.5, 0.6) is 0 Å². The Morgan fingerprint density at radius 2 is 2.15 bits per heavy atom. The lowest BCUT2D eigenvalue weighted by Gasteiger charge is -2.12. The Bertz CT molecular complexity index is 267. The molecular weight excluding hydrogens is 170 g/mol. The fourth-order valence-electron chi connectivity index (χ4n) is 1.37. The monoisotopic (exact) mass is 183 g/mol. The Hall–Kier alpha value is -1.26. The third kappa shape index (κ3) is 1.34. The topological polar surface area (TPSA) is 87.7 Å². The lowest BCUT2D eigenvalue weighted by molar-refractivity contribution is -0.124. The summed E-state index contributed by atoms with van der Waals surface area (Å²) in [5.41, 5.74) is 4.77. The molecule has 5 nitrogen and oxygen atoms in total. The summed E-state index contributed by atoms with van der Waals surface area (Å²) in [6.45, 7) is 0. The highest BCUT2D eigenvalue weighted by Gasteiger charge is 2.54. The van der Waals surface area contributed by atoms with Crippen molar-refractivity contribution in [3.05, 3.63) is 0 Å². The molecule has 2 saturated carbocycles. The van der Waals surface area contributed by atoms with E-state index in [0.717, 1.165) is 12.8 Å². The van der Waals surface area contributed by atoms with E-state index in [9.17, 15) is 4.79 Å². The SMILES string of the molecule is NC(=NO)C1(C(=O)NC2CC2)CC1. The number of nitrogens with two attached hydrogens (primary N) is 1. The van der Waals surface area contributed by atoms with Gasteiger partial charge in [-0.3, -0.25) is 4.79 Å². The van der Waals surface area contributed by atoms with Gasteiger partial charge in [-0.05, 0) is 25.7 Å². The van der Waals surface area contributed by atoms with E-state index in [4.69, 9.17) is 10.9 Å². The molecule has 0 aliphatic heterocycles. The molecule has 1 amide bonds. The van der Waals surface area contributed by atoms with Crippen molar-refractivity contribution in [3.8, 4) is 0 Å². The van der Waals surface area contributed by atoms with Gasteiger partial charge in [0.1, 0.15) is 5.41 Å². The predicted molar refractivity (Wildman–Crippen MR) is 46.2 cm³/mol. The van der Waals surface area contributed by atoms with Gasteiger partial charge in [0, 0.05) is 6.04 Å². The van der Waals surface area contributed by atoms with Crippen LogP contribution in [0.4, 0.5) is 0 Å². The van der Waals surface area contributed by atoms with E-state index in [-0.39, 0.29) is 11.7 Å². The van der Waals surface area contributed by atoms with E-state index in [2.05, 4.69) is 10.5 Å². The number of hydrogen-bond acceptors (Lipinski definition) is 3. The molecule has 5 heteroatoms. The number of rotatable bonds is 3. The van der Waals surface area contributed by atoms with E-state index in [1.807, 2.05) is 0 Å². The minimum atomic E-state index is -0.683. The quantitative estimate of drug-likeness (QED) is 0.245. The van der Waals surface area contributed by atoms with E-state index in [1.54, 1.807) is 0 Å². The average molecular weight is 183 g/mol. The molecule has 0 aromatic rings. The van der Waals surface area contributed by atoms with Gasteiger partial charge in [-0.25, -0.2) is 0 Å². The minimum Gasteiger partial charge on any atom is -0.409 e. The first-order chi connectivity index (χ1) is 6.19. The molecule has 2 aliphatic rings. The van der Waals surface area contributed by atoms with Gasteiger partial charge in [-0.2, -0.15) is 0 Å². The molecule has 13 heavy (non-hydrogen) atoms. The Morgan fingerprint density at radius 3 is 2.54 bits per heavy atom. The first-order valence-electron chi connectivity index (χ1n) is 4.48. The summed E-state index contributed by atoms with van der Waals surface area (Å²) in [6.07, 6.45) is 3.50. The molecule has 2 rings (SSSR count). The molecule has 0 spiro atoms. The molecular formula is C8H13N3O2. The number of oxime groups is 1. The van der Waals surface area contributed by atoms with Crippen molar-refractivity contribution in [2.45, 2.75) is 31.7 Å². The summed E-state index contributed by atoms with van der Waals surface area (Å²) in [6, 6.07) is 0.330. The molecule has 0 unspecified atom stereocenters. The van der Waals surface area contributed by atoms with Crippen LogP contribution in [0.2, 0.25) is 0 Å². The molecule has 0 saturated heterocycles. The van der Waals surface area contributed by atoms with Crippen LogP contribution in [0.1, 0.15) is 25.7 Å². The smallest absolute Gasteiger partial charge is 0.234 e. The van der Waals surface area contributed by atoms with Crippen LogP contribution in [0.25, 0.3) is 0 Å². The average Bonchev–Trinajstić information content (AvgIpc) is 2.96. The lowest BCUT2D eigenvalue weighted by atomic mass is 10.1. The maximum atomic E-state index is 11.6.